The number of aliphatic hydroxyl groups is 1. The van der Waals surface area contributed by atoms with E-state index in [1.165, 1.54) is 5.56 Å². The number of aromatic amines is 1. The molecule has 0 amide bonds. The lowest BCUT2D eigenvalue weighted by molar-refractivity contribution is 0.161. The number of aryl methyl sites for hydroxylation is 1. The number of nitrogens with one attached hydrogen (secondary N) is 2. The third-order valence-corrected chi connectivity index (χ3v) is 3.40. The van der Waals surface area contributed by atoms with Gasteiger partial charge in [0.25, 0.3) is 0 Å². The lowest BCUT2D eigenvalue weighted by atomic mass is 9.91. The molecule has 2 rings (SSSR count). The number of aromatic nitrogens is 1. The molecule has 1 heterocycles. The second kappa shape index (κ2) is 5.47. The van der Waals surface area contributed by atoms with Crippen LogP contribution in [0.1, 0.15) is 43.5 Å². The molecule has 2 unspecified atom stereocenters. The van der Waals surface area contributed by atoms with E-state index in [0.29, 0.717) is 6.54 Å². The smallest absolute Gasteiger partial charge is 0.248 e. The summed E-state index contributed by atoms with van der Waals surface area (Å²) in [5, 5.41) is 12.9. The summed E-state index contributed by atoms with van der Waals surface area (Å²) in [6, 6.07) is 3.75. The Labute approximate surface area is 101 Å². The Balaban J connectivity index is 2.09. The molecular formula is C13H20N2O2. The van der Waals surface area contributed by atoms with Crippen molar-refractivity contribution in [1.82, 2.24) is 10.3 Å². The van der Waals surface area contributed by atoms with Gasteiger partial charge in [0, 0.05) is 24.3 Å². The van der Waals surface area contributed by atoms with E-state index in [2.05, 4.69) is 10.3 Å². The molecule has 1 aromatic rings. The first-order chi connectivity index (χ1) is 8.20. The van der Waals surface area contributed by atoms with E-state index in [0.717, 1.165) is 31.4 Å². The average molecular weight is 236 g/mol. The van der Waals surface area contributed by atoms with Gasteiger partial charge in [-0.1, -0.05) is 13.0 Å². The fraction of sp³-hybridized carbons (Fsp3) is 0.615. The molecule has 17 heavy (non-hydrogen) atoms. The molecule has 0 radical (unpaired) electrons. The van der Waals surface area contributed by atoms with Crippen molar-refractivity contribution in [2.45, 2.75) is 44.8 Å². The van der Waals surface area contributed by atoms with Gasteiger partial charge >= 0.3 is 0 Å². The van der Waals surface area contributed by atoms with Gasteiger partial charge in [-0.2, -0.15) is 0 Å². The van der Waals surface area contributed by atoms with Gasteiger partial charge in [-0.15, -0.1) is 0 Å². The molecule has 0 fully saturated rings. The van der Waals surface area contributed by atoms with Crippen molar-refractivity contribution >= 4 is 0 Å². The fourth-order valence-corrected chi connectivity index (χ4v) is 2.34. The van der Waals surface area contributed by atoms with Crippen LogP contribution in [0.2, 0.25) is 0 Å². The van der Waals surface area contributed by atoms with E-state index in [1.807, 2.05) is 13.0 Å². The molecule has 0 bridgehead atoms. The van der Waals surface area contributed by atoms with Crippen LogP contribution < -0.4 is 10.9 Å². The Hall–Kier alpha value is -1.13. The quantitative estimate of drug-likeness (QED) is 0.734. The number of hydrogen-bond donors (Lipinski definition) is 3. The van der Waals surface area contributed by atoms with Crippen molar-refractivity contribution in [3.63, 3.8) is 0 Å². The highest BCUT2D eigenvalue weighted by molar-refractivity contribution is 5.26. The predicted octanol–water partition coefficient (Wildman–Crippen LogP) is 1.11. The molecule has 0 aliphatic heterocycles. The van der Waals surface area contributed by atoms with Crippen LogP contribution in [-0.4, -0.2) is 22.7 Å². The van der Waals surface area contributed by atoms with Crippen molar-refractivity contribution < 1.29 is 5.11 Å². The van der Waals surface area contributed by atoms with Gasteiger partial charge in [0.15, 0.2) is 0 Å². The Morgan fingerprint density at radius 3 is 3.18 bits per heavy atom. The molecule has 4 heteroatoms. The lowest BCUT2D eigenvalue weighted by Crippen LogP contribution is -2.32. The first kappa shape index (κ1) is 12.3. The van der Waals surface area contributed by atoms with Crippen LogP contribution in [0.25, 0.3) is 0 Å². The van der Waals surface area contributed by atoms with Crippen molar-refractivity contribution in [3.8, 4) is 0 Å². The summed E-state index contributed by atoms with van der Waals surface area (Å²) in [6.45, 7) is 2.58. The zero-order valence-electron chi connectivity index (χ0n) is 10.2. The summed E-state index contributed by atoms with van der Waals surface area (Å²) in [6.07, 6.45) is 3.56. The summed E-state index contributed by atoms with van der Waals surface area (Å²) in [5.41, 5.74) is 2.20. The minimum atomic E-state index is -0.289. The van der Waals surface area contributed by atoms with Gasteiger partial charge < -0.3 is 15.4 Å². The van der Waals surface area contributed by atoms with E-state index in [9.17, 15) is 9.90 Å². The first-order valence-corrected chi connectivity index (χ1v) is 6.34. The number of H-pyrrole nitrogens is 1. The molecule has 1 aliphatic carbocycles. The molecular weight excluding hydrogens is 216 g/mol. The second-order valence-electron chi connectivity index (χ2n) is 4.67. The van der Waals surface area contributed by atoms with Crippen molar-refractivity contribution in [2.24, 2.45) is 0 Å². The van der Waals surface area contributed by atoms with Gasteiger partial charge in [0.1, 0.15) is 0 Å². The minimum absolute atomic E-state index is 0.0296. The Kier molecular flexibility index (Phi) is 3.97. The molecule has 3 N–H and O–H groups in total. The van der Waals surface area contributed by atoms with E-state index in [4.69, 9.17) is 0 Å². The molecule has 0 saturated carbocycles. The third-order valence-electron chi connectivity index (χ3n) is 3.40. The van der Waals surface area contributed by atoms with Crippen LogP contribution in [0.4, 0.5) is 0 Å². The maximum absolute atomic E-state index is 11.2. The first-order valence-electron chi connectivity index (χ1n) is 6.34. The van der Waals surface area contributed by atoms with Crippen molar-refractivity contribution in [1.29, 1.82) is 0 Å². The highest BCUT2D eigenvalue weighted by atomic mass is 16.3. The van der Waals surface area contributed by atoms with Crippen LogP contribution in [0.5, 0.6) is 0 Å². The minimum Gasteiger partial charge on any atom is -0.392 e. The van der Waals surface area contributed by atoms with Crippen LogP contribution in [0, 0.1) is 0 Å². The normalized spacial score (nSPS) is 20.9. The predicted molar refractivity (Wildman–Crippen MR) is 67.0 cm³/mol. The number of fused-ring (bicyclic) bond motifs is 1. The average Bonchev–Trinajstić information content (AvgIpc) is 2.35. The van der Waals surface area contributed by atoms with E-state index in [1.54, 1.807) is 6.07 Å². The topological polar surface area (TPSA) is 65.1 Å². The van der Waals surface area contributed by atoms with Gasteiger partial charge in [0.2, 0.25) is 5.56 Å². The third kappa shape index (κ3) is 2.96. The summed E-state index contributed by atoms with van der Waals surface area (Å²) < 4.78 is 0. The second-order valence-corrected chi connectivity index (χ2v) is 4.67. The van der Waals surface area contributed by atoms with E-state index < -0.39 is 0 Å². The summed E-state index contributed by atoms with van der Waals surface area (Å²) in [7, 11) is 0. The van der Waals surface area contributed by atoms with Crippen LogP contribution in [0.15, 0.2) is 16.9 Å². The molecule has 0 aromatic carbocycles. The van der Waals surface area contributed by atoms with Gasteiger partial charge in [0.05, 0.1) is 6.10 Å². The molecule has 1 aromatic heterocycles. The van der Waals surface area contributed by atoms with Crippen LogP contribution in [0.3, 0.4) is 0 Å². The summed E-state index contributed by atoms with van der Waals surface area (Å²) >= 11 is 0. The lowest BCUT2D eigenvalue weighted by Gasteiger charge is -2.26. The highest BCUT2D eigenvalue weighted by Crippen LogP contribution is 2.27. The molecule has 0 spiro atoms. The van der Waals surface area contributed by atoms with Crippen LogP contribution in [-0.2, 0) is 6.42 Å². The molecule has 4 nitrogen and oxygen atoms in total. The van der Waals surface area contributed by atoms with Gasteiger partial charge in [-0.3, -0.25) is 4.79 Å². The zero-order chi connectivity index (χ0) is 12.3. The SMILES string of the molecule is CCC(O)CNC1CCCc2[nH]c(=O)ccc21. The standard InChI is InChI=1S/C13H20N2O2/c1-2-9(16)8-14-11-4-3-5-12-10(11)6-7-13(17)15-12/h6-7,9,11,14,16H,2-5,8H2,1H3,(H,15,17). The summed E-state index contributed by atoms with van der Waals surface area (Å²) in [4.78, 5) is 14.1. The maximum atomic E-state index is 11.2. The molecule has 1 aliphatic rings. The van der Waals surface area contributed by atoms with Crippen LogP contribution >= 0.6 is 0 Å². The molecule has 2 atom stereocenters. The van der Waals surface area contributed by atoms with Crippen molar-refractivity contribution in [2.75, 3.05) is 6.54 Å². The number of pyridine rings is 1. The monoisotopic (exact) mass is 236 g/mol. The molecule has 0 saturated heterocycles. The largest absolute Gasteiger partial charge is 0.392 e. The highest BCUT2D eigenvalue weighted by Gasteiger charge is 2.20. The zero-order valence-corrected chi connectivity index (χ0v) is 10.2. The molecule has 94 valence electrons. The van der Waals surface area contributed by atoms with Gasteiger partial charge in [-0.05, 0) is 31.2 Å². The van der Waals surface area contributed by atoms with Crippen molar-refractivity contribution in [3.05, 3.63) is 33.7 Å². The Morgan fingerprint density at radius 1 is 1.59 bits per heavy atom. The maximum Gasteiger partial charge on any atom is 0.248 e. The van der Waals surface area contributed by atoms with Gasteiger partial charge in [-0.25, -0.2) is 0 Å². The Bertz CT molecular complexity index is 428. The number of rotatable bonds is 4. The number of aliphatic hydroxyl groups excluding tert-OH is 1. The Morgan fingerprint density at radius 2 is 2.41 bits per heavy atom. The fourth-order valence-electron chi connectivity index (χ4n) is 2.34. The number of hydrogen-bond acceptors (Lipinski definition) is 3. The van der Waals surface area contributed by atoms with E-state index >= 15 is 0 Å². The van der Waals surface area contributed by atoms with E-state index in [-0.39, 0.29) is 17.7 Å². The summed E-state index contributed by atoms with van der Waals surface area (Å²) in [5.74, 6) is 0.